The Bertz CT molecular complexity index is 1160. The predicted octanol–water partition coefficient (Wildman–Crippen LogP) is 4.75. The van der Waals surface area contributed by atoms with Crippen LogP contribution in [-0.2, 0) is 4.74 Å². The number of esters is 1. The summed E-state index contributed by atoms with van der Waals surface area (Å²) in [4.78, 5) is 20.8. The minimum atomic E-state index is -0.466. The van der Waals surface area contributed by atoms with Crippen molar-refractivity contribution in [2.45, 2.75) is 0 Å². The third kappa shape index (κ3) is 3.21. The number of benzene rings is 1. The first-order valence-electron chi connectivity index (χ1n) is 8.03. The van der Waals surface area contributed by atoms with Gasteiger partial charge in [0.15, 0.2) is 0 Å². The van der Waals surface area contributed by atoms with E-state index in [4.69, 9.17) is 4.74 Å². The lowest BCUT2D eigenvalue weighted by Crippen LogP contribution is -2.04. The molecule has 4 aromatic rings. The van der Waals surface area contributed by atoms with Gasteiger partial charge >= 0.3 is 5.97 Å². The van der Waals surface area contributed by atoms with E-state index in [2.05, 4.69) is 25.9 Å². The Kier molecular flexibility index (Phi) is 4.45. The summed E-state index contributed by atoms with van der Waals surface area (Å²) in [6.45, 7) is 0. The Morgan fingerprint density at radius 1 is 1.19 bits per heavy atom. The molecule has 0 saturated heterocycles. The summed E-state index contributed by atoms with van der Waals surface area (Å²) in [5.41, 5.74) is 3.29. The molecule has 0 fully saturated rings. The standard InChI is InChI=1S/C20H13BrFN3O2/c1-27-20(26)13-7-16(12-3-2-6-23-9-12)19-24-18(11-25(19)10-13)15-5-4-14(21)8-17(15)22/h2-11H,1H3. The second kappa shape index (κ2) is 6.92. The first-order valence-corrected chi connectivity index (χ1v) is 8.83. The number of imidazole rings is 1. The molecule has 27 heavy (non-hydrogen) atoms. The molecule has 0 radical (unpaired) electrons. The second-order valence-corrected chi connectivity index (χ2v) is 6.77. The lowest BCUT2D eigenvalue weighted by atomic mass is 10.1. The number of pyridine rings is 2. The Labute approximate surface area is 162 Å². The van der Waals surface area contributed by atoms with Crippen LogP contribution in [0.3, 0.4) is 0 Å². The molecular weight excluding hydrogens is 413 g/mol. The third-order valence-corrected chi connectivity index (χ3v) is 4.65. The zero-order chi connectivity index (χ0) is 19.0. The molecule has 5 nitrogen and oxygen atoms in total. The molecular formula is C20H13BrFN3O2. The fraction of sp³-hybridized carbons (Fsp3) is 0.0500. The molecule has 0 saturated carbocycles. The number of aromatic nitrogens is 3. The maximum Gasteiger partial charge on any atom is 0.339 e. The number of halogens is 2. The second-order valence-electron chi connectivity index (χ2n) is 5.86. The maximum absolute atomic E-state index is 14.4. The molecule has 3 aromatic heterocycles. The van der Waals surface area contributed by atoms with Crippen molar-refractivity contribution in [3.05, 3.63) is 77.0 Å². The van der Waals surface area contributed by atoms with Crippen molar-refractivity contribution in [2.24, 2.45) is 0 Å². The quantitative estimate of drug-likeness (QED) is 0.444. The maximum atomic E-state index is 14.4. The minimum absolute atomic E-state index is 0.365. The van der Waals surface area contributed by atoms with E-state index < -0.39 is 5.97 Å². The number of nitrogens with zero attached hydrogens (tertiary/aromatic N) is 3. The van der Waals surface area contributed by atoms with E-state index >= 15 is 0 Å². The summed E-state index contributed by atoms with van der Waals surface area (Å²) < 4.78 is 21.6. The van der Waals surface area contributed by atoms with Gasteiger partial charge in [0.2, 0.25) is 0 Å². The highest BCUT2D eigenvalue weighted by atomic mass is 79.9. The van der Waals surface area contributed by atoms with Crippen molar-refractivity contribution in [3.63, 3.8) is 0 Å². The van der Waals surface area contributed by atoms with Crippen LogP contribution in [0, 0.1) is 5.82 Å². The minimum Gasteiger partial charge on any atom is -0.465 e. The van der Waals surface area contributed by atoms with Crippen LogP contribution in [0.4, 0.5) is 4.39 Å². The van der Waals surface area contributed by atoms with Gasteiger partial charge in [-0.25, -0.2) is 14.2 Å². The van der Waals surface area contributed by atoms with Gasteiger partial charge in [0.1, 0.15) is 11.5 Å². The number of fused-ring (bicyclic) bond motifs is 1. The van der Waals surface area contributed by atoms with Crippen LogP contribution in [-0.4, -0.2) is 27.4 Å². The van der Waals surface area contributed by atoms with Gasteiger partial charge in [-0.15, -0.1) is 0 Å². The molecule has 0 bridgehead atoms. The van der Waals surface area contributed by atoms with Crippen molar-refractivity contribution >= 4 is 27.5 Å². The van der Waals surface area contributed by atoms with Crippen LogP contribution in [0.5, 0.6) is 0 Å². The molecule has 4 rings (SSSR count). The van der Waals surface area contributed by atoms with E-state index in [1.54, 1.807) is 53.5 Å². The SMILES string of the molecule is COC(=O)c1cc(-c2cccnc2)c2nc(-c3ccc(Br)cc3F)cn2c1. The van der Waals surface area contributed by atoms with E-state index in [-0.39, 0.29) is 5.82 Å². The number of ether oxygens (including phenoxy) is 1. The Morgan fingerprint density at radius 3 is 2.74 bits per heavy atom. The third-order valence-electron chi connectivity index (χ3n) is 4.15. The first-order chi connectivity index (χ1) is 13.1. The lowest BCUT2D eigenvalue weighted by molar-refractivity contribution is 0.0600. The van der Waals surface area contributed by atoms with Gasteiger partial charge in [0.05, 0.1) is 18.4 Å². The molecule has 134 valence electrons. The molecule has 0 aliphatic heterocycles. The molecule has 0 aliphatic rings. The summed E-state index contributed by atoms with van der Waals surface area (Å²) in [7, 11) is 1.33. The summed E-state index contributed by atoms with van der Waals surface area (Å²) in [6, 6.07) is 10.2. The lowest BCUT2D eigenvalue weighted by Gasteiger charge is -2.07. The molecule has 0 amide bonds. The highest BCUT2D eigenvalue weighted by molar-refractivity contribution is 9.10. The fourth-order valence-corrected chi connectivity index (χ4v) is 3.22. The number of hydrogen-bond acceptors (Lipinski definition) is 4. The highest BCUT2D eigenvalue weighted by Crippen LogP contribution is 2.30. The summed E-state index contributed by atoms with van der Waals surface area (Å²) in [6.07, 6.45) is 6.66. The molecule has 1 aromatic carbocycles. The number of hydrogen-bond donors (Lipinski definition) is 0. The normalized spacial score (nSPS) is 10.9. The predicted molar refractivity (Wildman–Crippen MR) is 103 cm³/mol. The van der Waals surface area contributed by atoms with Gasteiger partial charge in [-0.05, 0) is 30.3 Å². The molecule has 7 heteroatoms. The van der Waals surface area contributed by atoms with Gasteiger partial charge in [0.25, 0.3) is 0 Å². The average molecular weight is 426 g/mol. The van der Waals surface area contributed by atoms with Crippen molar-refractivity contribution in [1.82, 2.24) is 14.4 Å². The smallest absolute Gasteiger partial charge is 0.339 e. The molecule has 0 unspecified atom stereocenters. The zero-order valence-corrected chi connectivity index (χ0v) is 15.8. The number of rotatable bonds is 3. The summed E-state index contributed by atoms with van der Waals surface area (Å²) in [5.74, 6) is -0.851. The highest BCUT2D eigenvalue weighted by Gasteiger charge is 2.17. The van der Waals surface area contributed by atoms with E-state index in [1.807, 2.05) is 6.07 Å². The Balaban J connectivity index is 1.97. The van der Waals surface area contributed by atoms with Gasteiger partial charge in [-0.2, -0.15) is 0 Å². The number of methoxy groups -OCH3 is 1. The molecule has 0 N–H and O–H groups in total. The van der Waals surface area contributed by atoms with Crippen LogP contribution in [0.15, 0.2) is 65.7 Å². The largest absolute Gasteiger partial charge is 0.465 e. The van der Waals surface area contributed by atoms with E-state index in [0.717, 1.165) is 5.56 Å². The number of carbonyl (C=O) groups is 1. The van der Waals surface area contributed by atoms with Gasteiger partial charge in [0, 0.05) is 46.0 Å². The average Bonchev–Trinajstić information content (AvgIpc) is 3.11. The summed E-state index contributed by atoms with van der Waals surface area (Å²) in [5, 5.41) is 0. The van der Waals surface area contributed by atoms with Crippen molar-refractivity contribution in [2.75, 3.05) is 7.11 Å². The van der Waals surface area contributed by atoms with E-state index in [9.17, 15) is 9.18 Å². The zero-order valence-electron chi connectivity index (χ0n) is 14.2. The van der Waals surface area contributed by atoms with Crippen molar-refractivity contribution in [3.8, 4) is 22.4 Å². The molecule has 0 spiro atoms. The number of carbonyl (C=O) groups excluding carboxylic acids is 1. The van der Waals surface area contributed by atoms with Crippen molar-refractivity contribution in [1.29, 1.82) is 0 Å². The van der Waals surface area contributed by atoms with Gasteiger partial charge < -0.3 is 9.14 Å². The molecule has 3 heterocycles. The van der Waals surface area contributed by atoms with Crippen LogP contribution >= 0.6 is 15.9 Å². The van der Waals surface area contributed by atoms with Crippen LogP contribution in [0.1, 0.15) is 10.4 Å². The first kappa shape index (κ1) is 17.4. The van der Waals surface area contributed by atoms with Crippen LogP contribution in [0.25, 0.3) is 28.0 Å². The summed E-state index contributed by atoms with van der Waals surface area (Å²) >= 11 is 3.26. The Morgan fingerprint density at radius 2 is 2.04 bits per heavy atom. The fourth-order valence-electron chi connectivity index (χ4n) is 2.89. The van der Waals surface area contributed by atoms with Crippen molar-refractivity contribution < 1.29 is 13.9 Å². The van der Waals surface area contributed by atoms with E-state index in [1.165, 1.54) is 13.2 Å². The van der Waals surface area contributed by atoms with E-state index in [0.29, 0.717) is 32.5 Å². The van der Waals surface area contributed by atoms with Gasteiger partial charge in [-0.3, -0.25) is 4.98 Å². The van der Waals surface area contributed by atoms with Crippen LogP contribution < -0.4 is 0 Å². The Hall–Kier alpha value is -3.06. The molecule has 0 atom stereocenters. The topological polar surface area (TPSA) is 56.5 Å². The monoisotopic (exact) mass is 425 g/mol. The van der Waals surface area contributed by atoms with Crippen LogP contribution in [0.2, 0.25) is 0 Å². The van der Waals surface area contributed by atoms with Gasteiger partial charge in [-0.1, -0.05) is 22.0 Å². The molecule has 0 aliphatic carbocycles.